The Bertz CT molecular complexity index is 165. The molecule has 76 valence electrons. The SMILES string of the molecule is CN1CCN(C)[Si]12N(C)CCN2C. The average Bonchev–Trinajstić information content (AvgIpc) is 2.53. The fraction of sp³-hybridized carbons (Fsp3) is 1.00. The van der Waals surface area contributed by atoms with Gasteiger partial charge in [0.15, 0.2) is 0 Å². The molecule has 5 heteroatoms. The van der Waals surface area contributed by atoms with Gasteiger partial charge in [-0.2, -0.15) is 0 Å². The van der Waals surface area contributed by atoms with Crippen LogP contribution in [0.5, 0.6) is 0 Å². The van der Waals surface area contributed by atoms with Crippen molar-refractivity contribution in [3.05, 3.63) is 0 Å². The van der Waals surface area contributed by atoms with E-state index in [-0.39, 0.29) is 0 Å². The molecule has 0 aromatic carbocycles. The fourth-order valence-corrected chi connectivity index (χ4v) is 8.05. The molecule has 13 heavy (non-hydrogen) atoms. The molecule has 0 radical (unpaired) electrons. The van der Waals surface area contributed by atoms with Crippen LogP contribution in [0.2, 0.25) is 0 Å². The Kier molecular flexibility index (Phi) is 2.24. The monoisotopic (exact) mass is 200 g/mol. The fourth-order valence-electron chi connectivity index (χ4n) is 2.95. The van der Waals surface area contributed by atoms with Gasteiger partial charge in [0.1, 0.15) is 0 Å². The van der Waals surface area contributed by atoms with Crippen LogP contribution in [0.15, 0.2) is 0 Å². The van der Waals surface area contributed by atoms with Crippen molar-refractivity contribution in [2.45, 2.75) is 0 Å². The maximum absolute atomic E-state index is 2.57. The Morgan fingerprint density at radius 3 is 1.08 bits per heavy atom. The van der Waals surface area contributed by atoms with Gasteiger partial charge in [-0.3, -0.25) is 18.3 Å². The van der Waals surface area contributed by atoms with E-state index in [1.165, 1.54) is 26.2 Å². The minimum Gasteiger partial charge on any atom is -0.288 e. The minimum atomic E-state index is -1.55. The highest BCUT2D eigenvalue weighted by Crippen LogP contribution is 2.28. The summed E-state index contributed by atoms with van der Waals surface area (Å²) in [5.41, 5.74) is 0. The van der Waals surface area contributed by atoms with E-state index in [0.29, 0.717) is 0 Å². The number of likely N-dealkylation sites (N-methyl/N-ethyl adjacent to an activating group) is 4. The molecular weight excluding hydrogens is 180 g/mol. The summed E-state index contributed by atoms with van der Waals surface area (Å²) < 4.78 is 10.3. The third-order valence-electron chi connectivity index (χ3n) is 3.59. The van der Waals surface area contributed by atoms with E-state index in [1.807, 2.05) is 0 Å². The lowest BCUT2D eigenvalue weighted by atomic mass is 10.6. The van der Waals surface area contributed by atoms with Gasteiger partial charge in [-0.1, -0.05) is 0 Å². The van der Waals surface area contributed by atoms with Gasteiger partial charge in [0.05, 0.1) is 0 Å². The smallest absolute Gasteiger partial charge is 0.288 e. The molecule has 0 N–H and O–H groups in total. The second-order valence-corrected chi connectivity index (χ2v) is 8.54. The summed E-state index contributed by atoms with van der Waals surface area (Å²) in [6, 6.07) is 0. The standard InChI is InChI=1S/C8H20N4Si/c1-9-5-6-10(2)13(9)11(3)7-8-12(13)4/h5-8H2,1-4H3. The van der Waals surface area contributed by atoms with Gasteiger partial charge < -0.3 is 0 Å². The van der Waals surface area contributed by atoms with Gasteiger partial charge in [0, 0.05) is 26.2 Å². The van der Waals surface area contributed by atoms with Crippen LogP contribution in [0.3, 0.4) is 0 Å². The molecule has 2 saturated heterocycles. The summed E-state index contributed by atoms with van der Waals surface area (Å²) in [5, 5.41) is 0. The number of hydrogen-bond acceptors (Lipinski definition) is 4. The van der Waals surface area contributed by atoms with Crippen LogP contribution in [-0.2, 0) is 0 Å². The van der Waals surface area contributed by atoms with E-state index in [2.05, 4.69) is 46.5 Å². The number of rotatable bonds is 0. The first-order valence-electron chi connectivity index (χ1n) is 4.95. The Morgan fingerprint density at radius 2 is 0.846 bits per heavy atom. The van der Waals surface area contributed by atoms with Gasteiger partial charge in [-0.15, -0.1) is 0 Å². The van der Waals surface area contributed by atoms with E-state index in [4.69, 9.17) is 0 Å². The Labute approximate surface area is 82.0 Å². The van der Waals surface area contributed by atoms with E-state index in [1.54, 1.807) is 0 Å². The third-order valence-corrected chi connectivity index (χ3v) is 8.58. The molecule has 2 aliphatic rings. The van der Waals surface area contributed by atoms with E-state index >= 15 is 0 Å². The van der Waals surface area contributed by atoms with Crippen molar-refractivity contribution in [1.82, 2.24) is 18.3 Å². The van der Waals surface area contributed by atoms with Crippen LogP contribution in [0, 0.1) is 0 Å². The summed E-state index contributed by atoms with van der Waals surface area (Å²) in [4.78, 5) is 0. The van der Waals surface area contributed by atoms with Crippen LogP contribution in [-0.4, -0.2) is 81.4 Å². The molecule has 0 atom stereocenters. The molecule has 0 aliphatic carbocycles. The predicted octanol–water partition coefficient (Wildman–Crippen LogP) is -0.824. The molecule has 2 aliphatic heterocycles. The Balaban J connectivity index is 2.34. The Hall–Kier alpha value is 0.0569. The highest BCUT2D eigenvalue weighted by Gasteiger charge is 2.57. The van der Waals surface area contributed by atoms with Crippen molar-refractivity contribution in [3.8, 4) is 0 Å². The van der Waals surface area contributed by atoms with Gasteiger partial charge in [0.25, 0.3) is 0 Å². The lowest BCUT2D eigenvalue weighted by Gasteiger charge is -2.42. The van der Waals surface area contributed by atoms with E-state index in [9.17, 15) is 0 Å². The van der Waals surface area contributed by atoms with E-state index < -0.39 is 8.72 Å². The highest BCUT2D eigenvalue weighted by molar-refractivity contribution is 6.70. The molecule has 2 fully saturated rings. The van der Waals surface area contributed by atoms with Crippen LogP contribution < -0.4 is 0 Å². The first kappa shape index (κ1) is 9.61. The molecular formula is C8H20N4Si. The van der Waals surface area contributed by atoms with Crippen molar-refractivity contribution < 1.29 is 0 Å². The molecule has 0 unspecified atom stereocenters. The number of hydrogen-bond donors (Lipinski definition) is 0. The molecule has 0 bridgehead atoms. The molecule has 0 saturated carbocycles. The molecule has 0 amide bonds. The van der Waals surface area contributed by atoms with Crippen molar-refractivity contribution in [2.75, 3.05) is 54.4 Å². The van der Waals surface area contributed by atoms with Crippen LogP contribution in [0.4, 0.5) is 0 Å². The second-order valence-electron chi connectivity index (χ2n) is 4.29. The molecule has 4 nitrogen and oxygen atoms in total. The Morgan fingerprint density at radius 1 is 0.615 bits per heavy atom. The zero-order valence-corrected chi connectivity index (χ0v) is 10.1. The summed E-state index contributed by atoms with van der Waals surface area (Å²) >= 11 is 0. The quantitative estimate of drug-likeness (QED) is 0.474. The van der Waals surface area contributed by atoms with Crippen molar-refractivity contribution in [2.24, 2.45) is 0 Å². The molecule has 2 rings (SSSR count). The topological polar surface area (TPSA) is 13.0 Å². The molecule has 1 spiro atoms. The van der Waals surface area contributed by atoms with Crippen LogP contribution in [0.1, 0.15) is 0 Å². The summed E-state index contributed by atoms with van der Waals surface area (Å²) in [7, 11) is 7.54. The summed E-state index contributed by atoms with van der Waals surface area (Å²) in [5.74, 6) is 0. The summed E-state index contributed by atoms with van der Waals surface area (Å²) in [6.07, 6.45) is 0. The third kappa shape index (κ3) is 1.05. The van der Waals surface area contributed by atoms with Crippen molar-refractivity contribution in [1.29, 1.82) is 0 Å². The number of nitrogens with zero attached hydrogens (tertiary/aromatic N) is 4. The van der Waals surface area contributed by atoms with Crippen molar-refractivity contribution in [3.63, 3.8) is 0 Å². The minimum absolute atomic E-state index is 1.22. The zero-order valence-electron chi connectivity index (χ0n) is 9.12. The normalized spacial score (nSPS) is 32.3. The lowest BCUT2D eigenvalue weighted by molar-refractivity contribution is 0.379. The first-order valence-corrected chi connectivity index (χ1v) is 6.74. The maximum Gasteiger partial charge on any atom is 0.376 e. The average molecular weight is 200 g/mol. The molecule has 0 aromatic heterocycles. The van der Waals surface area contributed by atoms with Gasteiger partial charge in [-0.05, 0) is 28.2 Å². The summed E-state index contributed by atoms with van der Waals surface area (Å²) in [6.45, 7) is 4.88. The van der Waals surface area contributed by atoms with E-state index in [0.717, 1.165) is 0 Å². The van der Waals surface area contributed by atoms with Gasteiger partial charge >= 0.3 is 8.72 Å². The maximum atomic E-state index is 2.57. The largest absolute Gasteiger partial charge is 0.376 e. The van der Waals surface area contributed by atoms with Crippen LogP contribution in [0.25, 0.3) is 0 Å². The highest BCUT2D eigenvalue weighted by atomic mass is 28.4. The second kappa shape index (κ2) is 3.03. The van der Waals surface area contributed by atoms with Crippen LogP contribution >= 0.6 is 0 Å². The van der Waals surface area contributed by atoms with Gasteiger partial charge in [-0.25, -0.2) is 0 Å². The first-order chi connectivity index (χ1) is 6.10. The molecule has 2 heterocycles. The van der Waals surface area contributed by atoms with Gasteiger partial charge in [0.2, 0.25) is 0 Å². The van der Waals surface area contributed by atoms with Crippen molar-refractivity contribution >= 4 is 8.72 Å². The predicted molar refractivity (Wildman–Crippen MR) is 56.3 cm³/mol. The lowest BCUT2D eigenvalue weighted by Crippen LogP contribution is -2.71. The molecule has 0 aromatic rings. The zero-order chi connectivity index (χ0) is 9.64.